The summed E-state index contributed by atoms with van der Waals surface area (Å²) in [6.07, 6.45) is 5.57. The van der Waals surface area contributed by atoms with Crippen LogP contribution in [0, 0.1) is 0 Å². The lowest BCUT2D eigenvalue weighted by Gasteiger charge is -2.21. The topological polar surface area (TPSA) is 350 Å². The molecular formula is C49H66N10O15S2. The first-order valence-corrected chi connectivity index (χ1v) is 27.3. The molecule has 3 aromatic carbocycles. The normalized spacial score (nSPS) is 12.7. The monoisotopic (exact) mass is 1100 g/mol. The van der Waals surface area contributed by atoms with Crippen molar-refractivity contribution in [3.63, 3.8) is 0 Å². The first-order chi connectivity index (χ1) is 36.2. The second-order valence-corrected chi connectivity index (χ2v) is 21.5. The van der Waals surface area contributed by atoms with Crippen LogP contribution in [0.1, 0.15) is 63.2 Å². The third kappa shape index (κ3) is 20.3. The van der Waals surface area contributed by atoms with Gasteiger partial charge in [0.15, 0.2) is 5.95 Å². The number of fused-ring (bicyclic) bond motifs is 1. The Morgan fingerprint density at radius 2 is 1.33 bits per heavy atom. The molecule has 5 rings (SSSR count). The molecule has 0 fully saturated rings. The van der Waals surface area contributed by atoms with Crippen LogP contribution < -0.4 is 30.7 Å². The zero-order valence-electron chi connectivity index (χ0n) is 42.4. The van der Waals surface area contributed by atoms with Crippen molar-refractivity contribution in [3.8, 4) is 11.1 Å². The van der Waals surface area contributed by atoms with E-state index in [4.69, 9.17) is 18.9 Å². The Morgan fingerprint density at radius 3 is 1.92 bits per heavy atom. The lowest BCUT2D eigenvalue weighted by molar-refractivity contribution is -0.140. The quantitative estimate of drug-likeness (QED) is 0.0267. The number of carbonyl (C=O) groups is 5. The second kappa shape index (κ2) is 29.3. The number of aromatic nitrogens is 4. The Hall–Kier alpha value is -7.01. The zero-order valence-corrected chi connectivity index (χ0v) is 44.0. The van der Waals surface area contributed by atoms with Gasteiger partial charge < -0.3 is 55.4 Å². The maximum atomic E-state index is 13.3. The van der Waals surface area contributed by atoms with E-state index in [0.717, 1.165) is 11.9 Å². The van der Waals surface area contributed by atoms with E-state index in [9.17, 15) is 51.0 Å². The Bertz CT molecular complexity index is 2900. The van der Waals surface area contributed by atoms with Crippen LogP contribution in [0.3, 0.4) is 0 Å². The number of nitrogens with zero attached hydrogens (tertiary/aromatic N) is 3. The van der Waals surface area contributed by atoms with Crippen molar-refractivity contribution in [1.29, 1.82) is 0 Å². The summed E-state index contributed by atoms with van der Waals surface area (Å²) in [4.78, 5) is 67.5. The van der Waals surface area contributed by atoms with E-state index < -0.39 is 68.2 Å². The summed E-state index contributed by atoms with van der Waals surface area (Å²) in [7, 11) is -8.22. The van der Waals surface area contributed by atoms with Crippen molar-refractivity contribution in [2.75, 3.05) is 71.1 Å². The van der Waals surface area contributed by atoms with E-state index in [0.29, 0.717) is 81.4 Å². The van der Waals surface area contributed by atoms with Gasteiger partial charge in [0.2, 0.25) is 26.0 Å². The van der Waals surface area contributed by atoms with Crippen molar-refractivity contribution in [2.45, 2.75) is 86.9 Å². The number of aliphatic carboxylic acids is 2. The minimum atomic E-state index is -4.36. The number of ether oxygens (including phenoxy) is 4. The number of anilines is 1. The standard InChI is InChI=1S/C49H66N10O15S2/c1-49(2,3)74-48(66)57-40(45(62)63)16-18-43(60)50-20-5-25-71-27-29-73-30-28-72-26-6-21-56-75(67,68)38-12-7-34(8-13-38)35-9-14-39(15-10-35)76(69,70)58-41(46(64)65)33-54-44(61)36-11-17-42-37(31-36)32-55-59(42)24-4-19-51-47-52-22-23-53-47/h7-15,17,22-23,31-32,40-41,56,58H,4-6,16,18-21,24-30,33H2,1-3H3,(H,50,60)(H,54,61)(H,57,66)(H,62,63)(H,64,65)(H2,51,52,53). The van der Waals surface area contributed by atoms with Crippen molar-refractivity contribution >= 4 is 66.7 Å². The SMILES string of the molecule is CC(C)(C)OC(=O)NC(CCC(=O)NCCCOCCOCCOCCCNS(=O)(=O)c1ccc(-c2ccc(S(=O)(=O)NC(CNC(=O)c3ccc4c(cnn4CCCNc4ncc[nH]4)c3)C(=O)O)cc2)cc1)C(=O)O. The maximum Gasteiger partial charge on any atom is 0.408 e. The third-order valence-electron chi connectivity index (χ3n) is 10.9. The van der Waals surface area contributed by atoms with Gasteiger partial charge in [0.1, 0.15) is 17.7 Å². The van der Waals surface area contributed by atoms with Crippen LogP contribution in [-0.2, 0) is 59.9 Å². The summed E-state index contributed by atoms with van der Waals surface area (Å²) < 4.78 is 80.4. The predicted octanol–water partition coefficient (Wildman–Crippen LogP) is 3.07. The van der Waals surface area contributed by atoms with Crippen LogP contribution in [0.2, 0.25) is 0 Å². The smallest absolute Gasteiger partial charge is 0.408 e. The first kappa shape index (κ1) is 59.9. The fourth-order valence-corrected chi connectivity index (χ4v) is 9.33. The molecule has 0 saturated heterocycles. The van der Waals surface area contributed by atoms with Crippen LogP contribution in [-0.4, -0.2) is 160 Å². The second-order valence-electron chi connectivity index (χ2n) is 18.0. The van der Waals surface area contributed by atoms with Gasteiger partial charge in [-0.1, -0.05) is 24.3 Å². The number of amides is 3. The molecule has 9 N–H and O–H groups in total. The molecule has 2 atom stereocenters. The highest BCUT2D eigenvalue weighted by Gasteiger charge is 2.27. The summed E-state index contributed by atoms with van der Waals surface area (Å²) >= 11 is 0. The van der Waals surface area contributed by atoms with E-state index in [2.05, 4.69) is 45.8 Å². The number of benzene rings is 3. The fourth-order valence-electron chi connectivity index (χ4n) is 7.07. The largest absolute Gasteiger partial charge is 0.480 e. The van der Waals surface area contributed by atoms with Crippen LogP contribution in [0.25, 0.3) is 22.0 Å². The number of imidazole rings is 1. The highest BCUT2D eigenvalue weighted by atomic mass is 32.2. The molecule has 2 aromatic heterocycles. The number of sulfonamides is 2. The van der Waals surface area contributed by atoms with Crippen LogP contribution in [0.15, 0.2) is 95.1 Å². The molecule has 0 radical (unpaired) electrons. The minimum Gasteiger partial charge on any atom is -0.480 e. The van der Waals surface area contributed by atoms with Crippen LogP contribution in [0.5, 0.6) is 0 Å². The number of rotatable bonds is 34. The molecule has 5 aromatic rings. The van der Waals surface area contributed by atoms with Crippen molar-refractivity contribution in [3.05, 3.63) is 90.9 Å². The lowest BCUT2D eigenvalue weighted by Crippen LogP contribution is -2.48. The highest BCUT2D eigenvalue weighted by Crippen LogP contribution is 2.24. The summed E-state index contributed by atoms with van der Waals surface area (Å²) in [6.45, 7) is 7.93. The number of hydrogen-bond donors (Lipinski definition) is 9. The Labute approximate surface area is 440 Å². The molecular weight excluding hydrogens is 1030 g/mol. The molecule has 0 aliphatic heterocycles. The first-order valence-electron chi connectivity index (χ1n) is 24.4. The molecule has 0 aliphatic carbocycles. The van der Waals surface area contributed by atoms with Crippen molar-refractivity contribution in [1.82, 2.24) is 45.1 Å². The summed E-state index contributed by atoms with van der Waals surface area (Å²) in [5.41, 5.74) is 1.40. The number of carboxylic acid groups (broad SMARTS) is 2. The number of aryl methyl sites for hydroxylation is 1. The van der Waals surface area contributed by atoms with E-state index in [1.165, 1.54) is 36.4 Å². The van der Waals surface area contributed by atoms with Crippen LogP contribution >= 0.6 is 0 Å². The van der Waals surface area contributed by atoms with Gasteiger partial charge in [0.25, 0.3) is 5.91 Å². The molecule has 0 bridgehead atoms. The molecule has 2 heterocycles. The zero-order chi connectivity index (χ0) is 55.1. The summed E-state index contributed by atoms with van der Waals surface area (Å²) in [6, 6.07) is 13.5. The fraction of sp³-hybridized carbons (Fsp3) is 0.449. The molecule has 3 amide bonds. The van der Waals surface area contributed by atoms with Gasteiger partial charge in [-0.25, -0.2) is 36.1 Å². The third-order valence-corrected chi connectivity index (χ3v) is 13.9. The number of carbonyl (C=O) groups excluding carboxylic acids is 3. The molecule has 25 nitrogen and oxygen atoms in total. The highest BCUT2D eigenvalue weighted by molar-refractivity contribution is 7.89. The van der Waals surface area contributed by atoms with Crippen LogP contribution in [0.4, 0.5) is 10.7 Å². The molecule has 76 heavy (non-hydrogen) atoms. The number of nitrogens with one attached hydrogen (secondary N) is 7. The molecule has 2 unspecified atom stereocenters. The Morgan fingerprint density at radius 1 is 0.724 bits per heavy atom. The van der Waals surface area contributed by atoms with Gasteiger partial charge in [0, 0.05) is 75.7 Å². The van der Waals surface area contributed by atoms with Crippen molar-refractivity contribution < 1.29 is 70.0 Å². The Balaban J connectivity index is 0.921. The molecule has 0 spiro atoms. The van der Waals surface area contributed by atoms with Gasteiger partial charge in [-0.15, -0.1) is 0 Å². The maximum absolute atomic E-state index is 13.3. The van der Waals surface area contributed by atoms with Gasteiger partial charge in [-0.3, -0.25) is 19.1 Å². The molecule has 27 heteroatoms. The number of hydrogen-bond acceptors (Lipinski definition) is 16. The lowest BCUT2D eigenvalue weighted by atomic mass is 10.1. The minimum absolute atomic E-state index is 0.0169. The molecule has 414 valence electrons. The molecule has 0 aliphatic rings. The van der Waals surface area contributed by atoms with E-state index >= 15 is 0 Å². The van der Waals surface area contributed by atoms with Gasteiger partial charge in [0.05, 0.1) is 47.9 Å². The van der Waals surface area contributed by atoms with E-state index in [1.54, 1.807) is 74.4 Å². The Kier molecular flexibility index (Phi) is 23.1. The number of H-pyrrole nitrogens is 1. The predicted molar refractivity (Wildman–Crippen MR) is 277 cm³/mol. The van der Waals surface area contributed by atoms with Gasteiger partial charge in [-0.05, 0) is 100 Å². The number of alkyl carbamates (subject to hydrolysis) is 1. The number of aromatic amines is 1. The summed E-state index contributed by atoms with van der Waals surface area (Å²) in [5, 5.41) is 34.9. The van der Waals surface area contributed by atoms with Gasteiger partial charge in [-0.2, -0.15) is 9.82 Å². The number of carboxylic acids is 2. The van der Waals surface area contributed by atoms with E-state index in [1.807, 2.05) is 0 Å². The average Bonchev–Trinajstić information content (AvgIpc) is 4.06. The van der Waals surface area contributed by atoms with Crippen molar-refractivity contribution in [2.24, 2.45) is 0 Å². The average molecular weight is 1100 g/mol. The van der Waals surface area contributed by atoms with Gasteiger partial charge >= 0.3 is 18.0 Å². The van der Waals surface area contributed by atoms with E-state index in [-0.39, 0.29) is 53.9 Å². The summed E-state index contributed by atoms with van der Waals surface area (Å²) in [5.74, 6) is -3.07. The molecule has 0 saturated carbocycles.